The summed E-state index contributed by atoms with van der Waals surface area (Å²) in [6.07, 6.45) is 0. The summed E-state index contributed by atoms with van der Waals surface area (Å²) in [5.41, 5.74) is 0.921. The summed E-state index contributed by atoms with van der Waals surface area (Å²) in [4.78, 5) is 0. The van der Waals surface area contributed by atoms with Crippen molar-refractivity contribution in [1.29, 1.82) is 0 Å². The minimum atomic E-state index is -3.14. The van der Waals surface area contributed by atoms with E-state index in [0.29, 0.717) is 0 Å². The monoisotopic (exact) mass is 287 g/mol. The number of benzene rings is 1. The molecule has 6 heteroatoms. The molecule has 108 valence electrons. The Labute approximate surface area is 114 Å². The van der Waals surface area contributed by atoms with Crippen LogP contribution in [0.2, 0.25) is 0 Å². The number of methoxy groups -OCH3 is 2. The van der Waals surface area contributed by atoms with Crippen LogP contribution >= 0.6 is 0 Å². The maximum Gasteiger partial charge on any atom is 0.154 e. The molecule has 0 spiro atoms. The van der Waals surface area contributed by atoms with Gasteiger partial charge in [-0.15, -0.1) is 0 Å². The van der Waals surface area contributed by atoms with Crippen molar-refractivity contribution in [2.45, 2.75) is 6.04 Å². The van der Waals surface area contributed by atoms with Crippen molar-refractivity contribution in [3.05, 3.63) is 29.8 Å². The molecule has 1 unspecified atom stereocenters. The smallest absolute Gasteiger partial charge is 0.154 e. The predicted octanol–water partition coefficient (Wildman–Crippen LogP) is 1.02. The van der Waals surface area contributed by atoms with E-state index >= 15 is 0 Å². The molecule has 19 heavy (non-hydrogen) atoms. The summed E-state index contributed by atoms with van der Waals surface area (Å²) in [5, 5.41) is 3.03. The Morgan fingerprint density at radius 3 is 2.32 bits per heavy atom. The molecule has 0 aliphatic rings. The van der Waals surface area contributed by atoms with Gasteiger partial charge in [-0.05, 0) is 24.7 Å². The Bertz CT molecular complexity index is 470. The summed E-state index contributed by atoms with van der Waals surface area (Å²) < 4.78 is 33.7. The highest BCUT2D eigenvalue weighted by Gasteiger charge is 2.19. The third-order valence-electron chi connectivity index (χ3n) is 2.89. The van der Waals surface area contributed by atoms with Gasteiger partial charge < -0.3 is 14.8 Å². The molecule has 0 heterocycles. The van der Waals surface area contributed by atoms with E-state index in [1.807, 2.05) is 24.3 Å². The molecule has 0 fully saturated rings. The fourth-order valence-corrected chi connectivity index (χ4v) is 3.18. The fourth-order valence-electron chi connectivity index (χ4n) is 1.73. The molecule has 0 amide bonds. The largest absolute Gasteiger partial charge is 0.497 e. The zero-order chi connectivity index (χ0) is 14.3. The lowest BCUT2D eigenvalue weighted by Crippen LogP contribution is -2.27. The van der Waals surface area contributed by atoms with E-state index in [0.717, 1.165) is 11.3 Å². The van der Waals surface area contributed by atoms with E-state index in [1.165, 1.54) is 7.11 Å². The normalized spacial score (nSPS) is 13.2. The number of hydrogen-bond donors (Lipinski definition) is 1. The van der Waals surface area contributed by atoms with E-state index in [9.17, 15) is 8.42 Å². The summed E-state index contributed by atoms with van der Waals surface area (Å²) in [5.74, 6) is 0.845. The molecule has 0 aliphatic carbocycles. The maximum atomic E-state index is 11.9. The summed E-state index contributed by atoms with van der Waals surface area (Å²) in [6, 6.07) is 7.15. The van der Waals surface area contributed by atoms with Crippen molar-refractivity contribution < 1.29 is 17.9 Å². The SMILES string of the molecule is CNC(CS(=O)(=O)CCOC)c1ccc(OC)cc1. The first-order valence-electron chi connectivity index (χ1n) is 6.03. The van der Waals surface area contributed by atoms with E-state index in [4.69, 9.17) is 9.47 Å². The molecule has 1 N–H and O–H groups in total. The maximum absolute atomic E-state index is 11.9. The van der Waals surface area contributed by atoms with Crippen molar-refractivity contribution in [1.82, 2.24) is 5.32 Å². The minimum absolute atomic E-state index is 0.0395. The van der Waals surface area contributed by atoms with E-state index in [2.05, 4.69) is 5.32 Å². The van der Waals surface area contributed by atoms with Crippen LogP contribution in [0.1, 0.15) is 11.6 Å². The second-order valence-corrected chi connectivity index (χ2v) is 6.45. The van der Waals surface area contributed by atoms with Crippen LogP contribution in [-0.2, 0) is 14.6 Å². The number of rotatable bonds is 8. The van der Waals surface area contributed by atoms with Gasteiger partial charge in [-0.1, -0.05) is 12.1 Å². The van der Waals surface area contributed by atoms with Crippen molar-refractivity contribution in [2.24, 2.45) is 0 Å². The topological polar surface area (TPSA) is 64.6 Å². The van der Waals surface area contributed by atoms with Crippen molar-refractivity contribution in [3.8, 4) is 5.75 Å². The molecule has 0 bridgehead atoms. The van der Waals surface area contributed by atoms with Gasteiger partial charge >= 0.3 is 0 Å². The molecule has 0 aromatic heterocycles. The first-order valence-corrected chi connectivity index (χ1v) is 7.85. The molecule has 0 saturated carbocycles. The zero-order valence-electron chi connectivity index (χ0n) is 11.5. The predicted molar refractivity (Wildman–Crippen MR) is 75.3 cm³/mol. The van der Waals surface area contributed by atoms with Gasteiger partial charge in [0.2, 0.25) is 0 Å². The molecule has 1 aromatic carbocycles. The van der Waals surface area contributed by atoms with Gasteiger partial charge in [0.05, 0.1) is 25.2 Å². The molecule has 0 aliphatic heterocycles. The van der Waals surface area contributed by atoms with Crippen LogP contribution < -0.4 is 10.1 Å². The molecule has 1 rings (SSSR count). The first kappa shape index (κ1) is 15.9. The van der Waals surface area contributed by atoms with Crippen LogP contribution in [0.25, 0.3) is 0 Å². The Morgan fingerprint density at radius 2 is 1.84 bits per heavy atom. The zero-order valence-corrected chi connectivity index (χ0v) is 12.4. The second-order valence-electron chi connectivity index (χ2n) is 4.22. The Kier molecular flexibility index (Phi) is 6.27. The van der Waals surface area contributed by atoms with Gasteiger partial charge in [-0.2, -0.15) is 0 Å². The summed E-state index contributed by atoms with van der Waals surface area (Å²) >= 11 is 0. The van der Waals surface area contributed by atoms with Crippen LogP contribution in [0.4, 0.5) is 0 Å². The van der Waals surface area contributed by atoms with E-state index in [-0.39, 0.29) is 24.2 Å². The molecule has 1 aromatic rings. The highest BCUT2D eigenvalue weighted by Crippen LogP contribution is 2.19. The van der Waals surface area contributed by atoms with Gasteiger partial charge in [0.1, 0.15) is 5.75 Å². The Balaban J connectivity index is 2.77. The van der Waals surface area contributed by atoms with Crippen LogP contribution in [0.3, 0.4) is 0 Å². The van der Waals surface area contributed by atoms with Crippen molar-refractivity contribution in [3.63, 3.8) is 0 Å². The molecular weight excluding hydrogens is 266 g/mol. The van der Waals surface area contributed by atoms with Crippen LogP contribution in [0, 0.1) is 0 Å². The van der Waals surface area contributed by atoms with Crippen molar-refractivity contribution >= 4 is 9.84 Å². The average molecular weight is 287 g/mol. The number of sulfone groups is 1. The highest BCUT2D eigenvalue weighted by atomic mass is 32.2. The van der Waals surface area contributed by atoms with Crippen LogP contribution in [-0.4, -0.2) is 47.8 Å². The van der Waals surface area contributed by atoms with Crippen LogP contribution in [0.5, 0.6) is 5.75 Å². The molecule has 0 saturated heterocycles. The number of nitrogens with one attached hydrogen (secondary N) is 1. The molecule has 5 nitrogen and oxygen atoms in total. The number of hydrogen-bond acceptors (Lipinski definition) is 5. The standard InChI is InChI=1S/C13H21NO4S/c1-14-13(10-19(15,16)9-8-17-2)11-4-6-12(18-3)7-5-11/h4-7,13-14H,8-10H2,1-3H3. The lowest BCUT2D eigenvalue weighted by atomic mass is 10.1. The Hall–Kier alpha value is -1.11. The van der Waals surface area contributed by atoms with E-state index in [1.54, 1.807) is 14.2 Å². The van der Waals surface area contributed by atoms with Gasteiger partial charge in [0, 0.05) is 13.2 Å². The second kappa shape index (κ2) is 7.47. The third-order valence-corrected chi connectivity index (χ3v) is 4.52. The van der Waals surface area contributed by atoms with Gasteiger partial charge in [0.25, 0.3) is 0 Å². The fraction of sp³-hybridized carbons (Fsp3) is 0.538. The first-order chi connectivity index (χ1) is 9.02. The van der Waals surface area contributed by atoms with E-state index < -0.39 is 9.84 Å². The van der Waals surface area contributed by atoms with Crippen molar-refractivity contribution in [2.75, 3.05) is 39.4 Å². The third kappa shape index (κ3) is 5.18. The summed E-state index contributed by atoms with van der Waals surface area (Å²) in [7, 11) is 1.70. The van der Waals surface area contributed by atoms with Gasteiger partial charge in [-0.3, -0.25) is 0 Å². The lowest BCUT2D eigenvalue weighted by Gasteiger charge is -2.17. The van der Waals surface area contributed by atoms with Gasteiger partial charge in [0.15, 0.2) is 9.84 Å². The molecule has 1 atom stereocenters. The highest BCUT2D eigenvalue weighted by molar-refractivity contribution is 7.91. The van der Waals surface area contributed by atoms with Crippen LogP contribution in [0.15, 0.2) is 24.3 Å². The minimum Gasteiger partial charge on any atom is -0.497 e. The number of ether oxygens (including phenoxy) is 2. The summed E-state index contributed by atoms with van der Waals surface area (Å²) in [6.45, 7) is 0.224. The Morgan fingerprint density at radius 1 is 1.21 bits per heavy atom. The lowest BCUT2D eigenvalue weighted by molar-refractivity contribution is 0.217. The molecule has 0 radical (unpaired) electrons. The molecular formula is C13H21NO4S. The average Bonchev–Trinajstić information content (AvgIpc) is 2.43. The van der Waals surface area contributed by atoms with Gasteiger partial charge in [-0.25, -0.2) is 8.42 Å². The quantitative estimate of drug-likeness (QED) is 0.773.